The fraction of sp³-hybridized carbons (Fsp3) is 0.400. The molecule has 2 rings (SSSR count). The number of nitrogens with one attached hydrogen (secondary N) is 1. The summed E-state index contributed by atoms with van der Waals surface area (Å²) in [4.78, 5) is 7.47. The first-order chi connectivity index (χ1) is 8.74. The van der Waals surface area contributed by atoms with Crippen molar-refractivity contribution in [1.82, 2.24) is 9.97 Å². The first kappa shape index (κ1) is 13.2. The summed E-state index contributed by atoms with van der Waals surface area (Å²) in [6.07, 6.45) is 7.87. The van der Waals surface area contributed by atoms with Gasteiger partial charge in [0.05, 0.1) is 0 Å². The lowest BCUT2D eigenvalue weighted by atomic mass is 10.1. The molecule has 1 aromatic heterocycles. The van der Waals surface area contributed by atoms with Gasteiger partial charge in [-0.05, 0) is 50.3 Å². The molecule has 1 N–H and O–H groups in total. The average Bonchev–Trinajstić information content (AvgIpc) is 2.77. The fourth-order valence-electron chi connectivity index (χ4n) is 2.07. The number of imidazole rings is 1. The summed E-state index contributed by atoms with van der Waals surface area (Å²) in [6.45, 7) is 1.99. The zero-order valence-corrected chi connectivity index (χ0v) is 11.5. The van der Waals surface area contributed by atoms with E-state index in [9.17, 15) is 0 Å². The quantitative estimate of drug-likeness (QED) is 0.772. The molecule has 18 heavy (non-hydrogen) atoms. The molecule has 0 aliphatic carbocycles. The summed E-state index contributed by atoms with van der Waals surface area (Å²) >= 11 is 5.86. The number of aromatic amines is 1. The van der Waals surface area contributed by atoms with E-state index in [2.05, 4.69) is 22.1 Å². The van der Waals surface area contributed by atoms with Crippen molar-refractivity contribution in [2.45, 2.75) is 39.0 Å². The Hall–Kier alpha value is -1.28. The smallest absolute Gasteiger partial charge is 0.103 e. The predicted molar refractivity (Wildman–Crippen MR) is 76.0 cm³/mol. The highest BCUT2D eigenvalue weighted by molar-refractivity contribution is 6.30. The summed E-state index contributed by atoms with van der Waals surface area (Å²) in [5.74, 6) is 1.01. The van der Waals surface area contributed by atoms with E-state index in [1.54, 1.807) is 0 Å². The largest absolute Gasteiger partial charge is 0.346 e. The van der Waals surface area contributed by atoms with Crippen molar-refractivity contribution in [2.24, 2.45) is 0 Å². The normalized spacial score (nSPS) is 10.8. The van der Waals surface area contributed by atoms with Gasteiger partial charge in [-0.2, -0.15) is 0 Å². The van der Waals surface area contributed by atoms with Crippen LogP contribution in [-0.2, 0) is 12.8 Å². The Morgan fingerprint density at radius 1 is 1.06 bits per heavy atom. The van der Waals surface area contributed by atoms with E-state index in [0.29, 0.717) is 0 Å². The van der Waals surface area contributed by atoms with E-state index in [1.807, 2.05) is 25.3 Å². The van der Waals surface area contributed by atoms with Gasteiger partial charge in [0.2, 0.25) is 0 Å². The highest BCUT2D eigenvalue weighted by Gasteiger charge is 1.98. The van der Waals surface area contributed by atoms with Crippen LogP contribution in [0.5, 0.6) is 0 Å². The molecule has 0 amide bonds. The van der Waals surface area contributed by atoms with Crippen LogP contribution >= 0.6 is 11.6 Å². The molecule has 2 nitrogen and oxygen atoms in total. The monoisotopic (exact) mass is 262 g/mol. The van der Waals surface area contributed by atoms with E-state index in [0.717, 1.165) is 23.7 Å². The number of hydrogen-bond donors (Lipinski definition) is 1. The molecule has 2 aromatic rings. The number of aromatic nitrogens is 2. The van der Waals surface area contributed by atoms with Crippen LogP contribution in [0, 0.1) is 6.92 Å². The molecular weight excluding hydrogens is 244 g/mol. The average molecular weight is 263 g/mol. The fourth-order valence-corrected chi connectivity index (χ4v) is 2.20. The van der Waals surface area contributed by atoms with Crippen molar-refractivity contribution < 1.29 is 0 Å². The Morgan fingerprint density at radius 2 is 1.78 bits per heavy atom. The number of H-pyrrole nitrogens is 1. The molecule has 1 heterocycles. The van der Waals surface area contributed by atoms with Crippen LogP contribution in [0.1, 0.15) is 36.3 Å². The molecule has 0 spiro atoms. The third-order valence-electron chi connectivity index (χ3n) is 3.08. The van der Waals surface area contributed by atoms with Crippen LogP contribution < -0.4 is 0 Å². The molecule has 3 heteroatoms. The van der Waals surface area contributed by atoms with Crippen LogP contribution in [0.15, 0.2) is 30.5 Å². The topological polar surface area (TPSA) is 28.7 Å². The highest BCUT2D eigenvalue weighted by atomic mass is 35.5. The second-order valence-corrected chi connectivity index (χ2v) is 5.12. The van der Waals surface area contributed by atoms with Gasteiger partial charge >= 0.3 is 0 Å². The molecule has 0 bridgehead atoms. The van der Waals surface area contributed by atoms with Gasteiger partial charge in [-0.25, -0.2) is 4.98 Å². The van der Waals surface area contributed by atoms with E-state index in [1.165, 1.54) is 30.5 Å². The molecular formula is C15H19ClN2. The van der Waals surface area contributed by atoms with Gasteiger partial charge in [0, 0.05) is 16.9 Å². The SMILES string of the molecule is Cc1ncc(CCCCCc2ccc(Cl)cc2)[nH]1. The van der Waals surface area contributed by atoms with Gasteiger partial charge in [-0.3, -0.25) is 0 Å². The lowest BCUT2D eigenvalue weighted by molar-refractivity contribution is 0.672. The van der Waals surface area contributed by atoms with Crippen LogP contribution in [0.2, 0.25) is 5.02 Å². The summed E-state index contributed by atoms with van der Waals surface area (Å²) < 4.78 is 0. The zero-order chi connectivity index (χ0) is 12.8. The van der Waals surface area contributed by atoms with Gasteiger partial charge in [-0.15, -0.1) is 0 Å². The Morgan fingerprint density at radius 3 is 2.44 bits per heavy atom. The maximum absolute atomic E-state index is 5.86. The predicted octanol–water partition coefficient (Wildman–Crippen LogP) is 4.33. The van der Waals surface area contributed by atoms with Crippen molar-refractivity contribution in [2.75, 3.05) is 0 Å². The Bertz CT molecular complexity index is 473. The lowest BCUT2D eigenvalue weighted by Crippen LogP contribution is -1.89. The molecule has 0 atom stereocenters. The molecule has 1 aromatic carbocycles. The molecule has 96 valence electrons. The number of benzene rings is 1. The molecule has 0 radical (unpaired) electrons. The molecule has 0 aliphatic rings. The van der Waals surface area contributed by atoms with E-state index in [4.69, 9.17) is 11.6 Å². The van der Waals surface area contributed by atoms with E-state index in [-0.39, 0.29) is 0 Å². The summed E-state index contributed by atoms with van der Waals surface area (Å²) in [5.41, 5.74) is 2.62. The number of nitrogens with zero attached hydrogens (tertiary/aromatic N) is 1. The lowest BCUT2D eigenvalue weighted by Gasteiger charge is -2.02. The molecule has 0 saturated heterocycles. The molecule has 0 saturated carbocycles. The van der Waals surface area contributed by atoms with Crippen molar-refractivity contribution in [3.05, 3.63) is 52.6 Å². The minimum atomic E-state index is 0.813. The number of halogens is 1. The summed E-state index contributed by atoms with van der Waals surface area (Å²) in [7, 11) is 0. The van der Waals surface area contributed by atoms with Crippen molar-refractivity contribution in [1.29, 1.82) is 0 Å². The summed E-state index contributed by atoms with van der Waals surface area (Å²) in [5, 5.41) is 0.813. The van der Waals surface area contributed by atoms with Crippen LogP contribution in [0.3, 0.4) is 0 Å². The maximum atomic E-state index is 5.86. The van der Waals surface area contributed by atoms with Gasteiger partial charge in [0.25, 0.3) is 0 Å². The molecule has 0 aliphatic heterocycles. The molecule has 0 unspecified atom stereocenters. The van der Waals surface area contributed by atoms with Crippen LogP contribution in [-0.4, -0.2) is 9.97 Å². The minimum absolute atomic E-state index is 0.813. The van der Waals surface area contributed by atoms with Crippen LogP contribution in [0.25, 0.3) is 0 Å². The van der Waals surface area contributed by atoms with Gasteiger partial charge in [-0.1, -0.05) is 30.2 Å². The summed E-state index contributed by atoms with van der Waals surface area (Å²) in [6, 6.07) is 8.15. The highest BCUT2D eigenvalue weighted by Crippen LogP contribution is 2.13. The number of unbranched alkanes of at least 4 members (excludes halogenated alkanes) is 2. The maximum Gasteiger partial charge on any atom is 0.103 e. The third kappa shape index (κ3) is 4.19. The second-order valence-electron chi connectivity index (χ2n) is 4.68. The van der Waals surface area contributed by atoms with Crippen molar-refractivity contribution in [3.8, 4) is 0 Å². The Labute approximate surface area is 113 Å². The van der Waals surface area contributed by atoms with Gasteiger partial charge in [0.1, 0.15) is 5.82 Å². The van der Waals surface area contributed by atoms with Gasteiger partial charge < -0.3 is 4.98 Å². The first-order valence-electron chi connectivity index (χ1n) is 6.49. The molecule has 0 fully saturated rings. The Balaban J connectivity index is 1.63. The van der Waals surface area contributed by atoms with Crippen LogP contribution in [0.4, 0.5) is 0 Å². The minimum Gasteiger partial charge on any atom is -0.346 e. The third-order valence-corrected chi connectivity index (χ3v) is 3.33. The Kier molecular flexibility index (Phi) is 4.82. The standard InChI is InChI=1S/C15H19ClN2/c1-12-17-11-15(18-12)6-4-2-3-5-13-7-9-14(16)10-8-13/h7-11H,2-6H2,1H3,(H,17,18). The second kappa shape index (κ2) is 6.60. The van der Waals surface area contributed by atoms with E-state index >= 15 is 0 Å². The number of rotatable bonds is 6. The number of hydrogen-bond acceptors (Lipinski definition) is 1. The van der Waals surface area contributed by atoms with E-state index < -0.39 is 0 Å². The van der Waals surface area contributed by atoms with Crippen molar-refractivity contribution in [3.63, 3.8) is 0 Å². The zero-order valence-electron chi connectivity index (χ0n) is 10.7. The van der Waals surface area contributed by atoms with Gasteiger partial charge in [0.15, 0.2) is 0 Å². The van der Waals surface area contributed by atoms with Crippen molar-refractivity contribution >= 4 is 11.6 Å². The number of aryl methyl sites for hydroxylation is 3. The first-order valence-corrected chi connectivity index (χ1v) is 6.87.